The lowest BCUT2D eigenvalue weighted by Gasteiger charge is -2.18. The summed E-state index contributed by atoms with van der Waals surface area (Å²) < 4.78 is 0. The highest BCUT2D eigenvalue weighted by Crippen LogP contribution is 2.22. The monoisotopic (exact) mass is 254 g/mol. The third-order valence-corrected chi connectivity index (χ3v) is 3.28. The predicted molar refractivity (Wildman–Crippen MR) is 72.6 cm³/mol. The van der Waals surface area contributed by atoms with Gasteiger partial charge in [-0.1, -0.05) is 31.5 Å². The van der Waals surface area contributed by atoms with Gasteiger partial charge in [-0.2, -0.15) is 0 Å². The quantitative estimate of drug-likeness (QED) is 0.846. The molecular formula is C13H19ClN2O. The van der Waals surface area contributed by atoms with Gasteiger partial charge in [0.2, 0.25) is 0 Å². The van der Waals surface area contributed by atoms with Crippen molar-refractivity contribution in [3.05, 3.63) is 28.8 Å². The summed E-state index contributed by atoms with van der Waals surface area (Å²) in [6.07, 6.45) is 0. The van der Waals surface area contributed by atoms with Gasteiger partial charge >= 0.3 is 6.03 Å². The molecule has 1 atom stereocenters. The van der Waals surface area contributed by atoms with Gasteiger partial charge in [-0.25, -0.2) is 4.79 Å². The molecule has 1 aromatic carbocycles. The van der Waals surface area contributed by atoms with Crippen LogP contribution in [0.5, 0.6) is 0 Å². The van der Waals surface area contributed by atoms with Crippen molar-refractivity contribution in [3.8, 4) is 0 Å². The number of carbonyl (C=O) groups is 1. The second kappa shape index (κ2) is 5.92. The maximum absolute atomic E-state index is 11.7. The first-order valence-electron chi connectivity index (χ1n) is 5.74. The number of carbonyl (C=O) groups excluding carboxylic acids is 1. The number of rotatable bonds is 3. The van der Waals surface area contributed by atoms with Gasteiger partial charge in [0.05, 0.1) is 0 Å². The molecule has 0 saturated carbocycles. The van der Waals surface area contributed by atoms with E-state index < -0.39 is 0 Å². The summed E-state index contributed by atoms with van der Waals surface area (Å²) in [7, 11) is 0. The van der Waals surface area contributed by atoms with Crippen molar-refractivity contribution in [2.24, 2.45) is 5.92 Å². The van der Waals surface area contributed by atoms with Crippen LogP contribution in [0, 0.1) is 12.8 Å². The highest BCUT2D eigenvalue weighted by Gasteiger charge is 2.11. The Hall–Kier alpha value is -1.22. The van der Waals surface area contributed by atoms with Crippen molar-refractivity contribution in [2.75, 3.05) is 5.32 Å². The topological polar surface area (TPSA) is 41.1 Å². The molecule has 0 fully saturated rings. The van der Waals surface area contributed by atoms with Crippen LogP contribution in [0.2, 0.25) is 5.02 Å². The smallest absolute Gasteiger partial charge is 0.319 e. The standard InChI is InChI=1S/C13H19ClN2O/c1-8(2)10(4)15-13(17)16-12-7-5-6-11(14)9(12)3/h5-8,10H,1-4H3,(H2,15,16,17). The van der Waals surface area contributed by atoms with E-state index in [1.165, 1.54) is 0 Å². The minimum absolute atomic E-state index is 0.134. The van der Waals surface area contributed by atoms with Crippen LogP contribution < -0.4 is 10.6 Å². The molecule has 2 amide bonds. The first-order valence-corrected chi connectivity index (χ1v) is 6.12. The zero-order valence-corrected chi connectivity index (χ0v) is 11.4. The molecule has 0 aliphatic rings. The summed E-state index contributed by atoms with van der Waals surface area (Å²) >= 11 is 5.98. The van der Waals surface area contributed by atoms with Gasteiger partial charge in [0.1, 0.15) is 0 Å². The van der Waals surface area contributed by atoms with Crippen LogP contribution in [0.25, 0.3) is 0 Å². The zero-order chi connectivity index (χ0) is 13.0. The SMILES string of the molecule is Cc1c(Cl)cccc1NC(=O)NC(C)C(C)C. The molecule has 0 aliphatic carbocycles. The molecule has 1 aromatic rings. The summed E-state index contributed by atoms with van der Waals surface area (Å²) in [5, 5.41) is 6.34. The Morgan fingerprint density at radius 3 is 2.53 bits per heavy atom. The van der Waals surface area contributed by atoms with Crippen LogP contribution >= 0.6 is 11.6 Å². The summed E-state index contributed by atoms with van der Waals surface area (Å²) in [5.74, 6) is 0.404. The molecule has 1 rings (SSSR count). The van der Waals surface area contributed by atoms with Gasteiger partial charge in [0.15, 0.2) is 0 Å². The van der Waals surface area contributed by atoms with E-state index in [1.807, 2.05) is 26.0 Å². The molecule has 0 saturated heterocycles. The number of anilines is 1. The number of hydrogen-bond acceptors (Lipinski definition) is 1. The second-order valence-electron chi connectivity index (χ2n) is 4.54. The maximum atomic E-state index is 11.7. The lowest BCUT2D eigenvalue weighted by Crippen LogP contribution is -2.39. The first kappa shape index (κ1) is 13.8. The van der Waals surface area contributed by atoms with Gasteiger partial charge in [-0.3, -0.25) is 0 Å². The van der Waals surface area contributed by atoms with E-state index in [-0.39, 0.29) is 12.1 Å². The molecule has 3 nitrogen and oxygen atoms in total. The lowest BCUT2D eigenvalue weighted by atomic mass is 10.1. The molecule has 0 spiro atoms. The fourth-order valence-electron chi connectivity index (χ4n) is 1.27. The molecule has 4 heteroatoms. The number of amides is 2. The molecule has 17 heavy (non-hydrogen) atoms. The van der Waals surface area contributed by atoms with E-state index in [4.69, 9.17) is 11.6 Å². The summed E-state index contributed by atoms with van der Waals surface area (Å²) in [6, 6.07) is 5.39. The minimum Gasteiger partial charge on any atom is -0.335 e. The van der Waals surface area contributed by atoms with Gasteiger partial charge in [-0.15, -0.1) is 0 Å². The van der Waals surface area contributed by atoms with Crippen molar-refractivity contribution in [1.82, 2.24) is 5.32 Å². The fraction of sp³-hybridized carbons (Fsp3) is 0.462. The number of nitrogens with one attached hydrogen (secondary N) is 2. The Bertz CT molecular complexity index is 404. The normalized spacial score (nSPS) is 12.4. The predicted octanol–water partition coefficient (Wildman–Crippen LogP) is 3.81. The van der Waals surface area contributed by atoms with Crippen LogP contribution in [0.15, 0.2) is 18.2 Å². The third-order valence-electron chi connectivity index (χ3n) is 2.87. The summed E-state index contributed by atoms with van der Waals surface area (Å²) in [4.78, 5) is 11.7. The van der Waals surface area contributed by atoms with Gasteiger partial charge in [0, 0.05) is 16.8 Å². The van der Waals surface area contributed by atoms with E-state index in [0.29, 0.717) is 10.9 Å². The molecule has 0 bridgehead atoms. The van der Waals surface area contributed by atoms with Crippen molar-refractivity contribution in [1.29, 1.82) is 0 Å². The Morgan fingerprint density at radius 2 is 1.94 bits per heavy atom. The summed E-state index contributed by atoms with van der Waals surface area (Å²) in [5.41, 5.74) is 1.62. The molecule has 94 valence electrons. The van der Waals surface area contributed by atoms with Gasteiger partial charge < -0.3 is 10.6 Å². The maximum Gasteiger partial charge on any atom is 0.319 e. The number of hydrogen-bond donors (Lipinski definition) is 2. The highest BCUT2D eigenvalue weighted by atomic mass is 35.5. The molecule has 0 aromatic heterocycles. The largest absolute Gasteiger partial charge is 0.335 e. The van der Waals surface area contributed by atoms with Gasteiger partial charge in [0.25, 0.3) is 0 Å². The van der Waals surface area contributed by atoms with Crippen molar-refractivity contribution < 1.29 is 4.79 Å². The molecule has 0 heterocycles. The Kier molecular flexibility index (Phi) is 4.82. The van der Waals surface area contributed by atoms with Crippen LogP contribution in [0.4, 0.5) is 10.5 Å². The zero-order valence-electron chi connectivity index (χ0n) is 10.7. The third kappa shape index (κ3) is 3.93. The number of urea groups is 1. The van der Waals surface area contributed by atoms with Crippen molar-refractivity contribution >= 4 is 23.3 Å². The highest BCUT2D eigenvalue weighted by molar-refractivity contribution is 6.31. The van der Waals surface area contributed by atoms with Crippen LogP contribution in [0.3, 0.4) is 0 Å². The van der Waals surface area contributed by atoms with Crippen LogP contribution in [0.1, 0.15) is 26.3 Å². The molecular weight excluding hydrogens is 236 g/mol. The average molecular weight is 255 g/mol. The Labute approximate surface area is 108 Å². The van der Waals surface area contributed by atoms with E-state index in [9.17, 15) is 4.79 Å². The second-order valence-corrected chi connectivity index (χ2v) is 4.95. The molecule has 2 N–H and O–H groups in total. The fourth-order valence-corrected chi connectivity index (χ4v) is 1.45. The van der Waals surface area contributed by atoms with Gasteiger partial charge in [-0.05, 0) is 37.5 Å². The van der Waals surface area contributed by atoms with Crippen molar-refractivity contribution in [3.63, 3.8) is 0 Å². The Balaban J connectivity index is 2.66. The van der Waals surface area contributed by atoms with E-state index in [2.05, 4.69) is 24.5 Å². The van der Waals surface area contributed by atoms with E-state index >= 15 is 0 Å². The number of halogens is 1. The van der Waals surface area contributed by atoms with E-state index in [0.717, 1.165) is 11.3 Å². The lowest BCUT2D eigenvalue weighted by molar-refractivity contribution is 0.246. The molecule has 0 aliphatic heterocycles. The van der Waals surface area contributed by atoms with Crippen LogP contribution in [-0.2, 0) is 0 Å². The minimum atomic E-state index is -0.198. The van der Waals surface area contributed by atoms with E-state index in [1.54, 1.807) is 6.07 Å². The number of benzene rings is 1. The summed E-state index contributed by atoms with van der Waals surface area (Å²) in [6.45, 7) is 7.99. The Morgan fingerprint density at radius 1 is 1.29 bits per heavy atom. The van der Waals surface area contributed by atoms with Crippen LogP contribution in [-0.4, -0.2) is 12.1 Å². The molecule has 0 radical (unpaired) electrons. The average Bonchev–Trinajstić information content (AvgIpc) is 2.24. The first-order chi connectivity index (χ1) is 7.91. The molecule has 1 unspecified atom stereocenters. The van der Waals surface area contributed by atoms with Crippen molar-refractivity contribution in [2.45, 2.75) is 33.7 Å².